The molecule has 9 nitrogen and oxygen atoms in total. The SMILES string of the molecule is CCOC(=O)Nc1ccc(NCc2ccc(F)cc2)cc1N.O=S(=O)(O)O. The van der Waals surface area contributed by atoms with E-state index in [9.17, 15) is 9.18 Å². The first-order valence-electron chi connectivity index (χ1n) is 7.60. The van der Waals surface area contributed by atoms with E-state index in [2.05, 4.69) is 10.6 Å². The van der Waals surface area contributed by atoms with Crippen molar-refractivity contribution in [1.82, 2.24) is 0 Å². The molecule has 0 unspecified atom stereocenters. The maximum absolute atomic E-state index is 12.8. The van der Waals surface area contributed by atoms with Crippen LogP contribution in [0.2, 0.25) is 0 Å². The minimum Gasteiger partial charge on any atom is -0.450 e. The summed E-state index contributed by atoms with van der Waals surface area (Å²) in [6.07, 6.45) is -0.541. The van der Waals surface area contributed by atoms with Gasteiger partial charge in [-0.25, -0.2) is 9.18 Å². The highest BCUT2D eigenvalue weighted by molar-refractivity contribution is 7.79. The van der Waals surface area contributed by atoms with Crippen molar-refractivity contribution >= 4 is 33.6 Å². The molecule has 6 N–H and O–H groups in total. The second-order valence-electron chi connectivity index (χ2n) is 5.08. The number of amides is 1. The summed E-state index contributed by atoms with van der Waals surface area (Å²) < 4.78 is 49.2. The molecule has 148 valence electrons. The summed E-state index contributed by atoms with van der Waals surface area (Å²) in [5.74, 6) is -0.262. The molecule has 0 aliphatic rings. The second-order valence-corrected chi connectivity index (χ2v) is 5.97. The molecule has 0 saturated carbocycles. The number of anilines is 3. The van der Waals surface area contributed by atoms with Gasteiger partial charge in [-0.1, -0.05) is 12.1 Å². The molecule has 0 heterocycles. The standard InChI is InChI=1S/C16H18FN3O2.H2O4S/c1-2-22-16(21)20-15-8-7-13(9-14(15)18)19-10-11-3-5-12(17)6-4-11;1-5(2,3)4/h3-9,19H,2,10,18H2,1H3,(H,20,21);(H2,1,2,3,4). The summed E-state index contributed by atoms with van der Waals surface area (Å²) in [6.45, 7) is 2.57. The number of rotatable bonds is 5. The van der Waals surface area contributed by atoms with Crippen molar-refractivity contribution in [1.29, 1.82) is 0 Å². The zero-order valence-electron chi connectivity index (χ0n) is 14.3. The highest BCUT2D eigenvalue weighted by atomic mass is 32.3. The fourth-order valence-corrected chi connectivity index (χ4v) is 1.87. The normalized spacial score (nSPS) is 10.4. The van der Waals surface area contributed by atoms with Gasteiger partial charge in [-0.3, -0.25) is 14.4 Å². The largest absolute Gasteiger partial charge is 0.450 e. The highest BCUT2D eigenvalue weighted by Crippen LogP contribution is 2.23. The molecule has 0 aliphatic carbocycles. The maximum atomic E-state index is 12.8. The predicted molar refractivity (Wildman–Crippen MR) is 99.4 cm³/mol. The van der Waals surface area contributed by atoms with Gasteiger partial charge < -0.3 is 15.8 Å². The first kappa shape index (κ1) is 22.2. The van der Waals surface area contributed by atoms with Gasteiger partial charge in [0.05, 0.1) is 18.0 Å². The minimum absolute atomic E-state index is 0.262. The first-order chi connectivity index (χ1) is 12.6. The van der Waals surface area contributed by atoms with Crippen LogP contribution in [0, 0.1) is 5.82 Å². The molecule has 0 bridgehead atoms. The Kier molecular flexibility index (Phi) is 8.45. The number of hydrogen-bond acceptors (Lipinski definition) is 6. The van der Waals surface area contributed by atoms with Crippen molar-refractivity contribution in [3.63, 3.8) is 0 Å². The Labute approximate surface area is 155 Å². The van der Waals surface area contributed by atoms with Crippen LogP contribution in [-0.2, 0) is 21.7 Å². The van der Waals surface area contributed by atoms with Crippen molar-refractivity contribution in [2.45, 2.75) is 13.5 Å². The third kappa shape index (κ3) is 9.99. The molecule has 0 atom stereocenters. The number of nitrogen functional groups attached to an aromatic ring is 1. The molecule has 2 rings (SSSR count). The van der Waals surface area contributed by atoms with E-state index in [0.29, 0.717) is 24.5 Å². The molecule has 0 saturated heterocycles. The summed E-state index contributed by atoms with van der Waals surface area (Å²) in [7, 11) is -4.67. The average Bonchev–Trinajstić information content (AvgIpc) is 2.55. The molecular formula is C16H20FN3O6S. The number of hydrogen-bond donors (Lipinski definition) is 5. The van der Waals surface area contributed by atoms with Crippen LogP contribution in [0.3, 0.4) is 0 Å². The van der Waals surface area contributed by atoms with Crippen molar-refractivity contribution in [2.75, 3.05) is 23.0 Å². The van der Waals surface area contributed by atoms with Gasteiger partial charge in [0.1, 0.15) is 5.82 Å². The fraction of sp³-hybridized carbons (Fsp3) is 0.188. The number of nitrogens with one attached hydrogen (secondary N) is 2. The smallest absolute Gasteiger partial charge is 0.411 e. The lowest BCUT2D eigenvalue weighted by atomic mass is 10.2. The van der Waals surface area contributed by atoms with Crippen LogP contribution in [0.5, 0.6) is 0 Å². The van der Waals surface area contributed by atoms with Crippen molar-refractivity contribution in [3.05, 3.63) is 53.8 Å². The van der Waals surface area contributed by atoms with Crippen LogP contribution in [0.15, 0.2) is 42.5 Å². The van der Waals surface area contributed by atoms with Crippen molar-refractivity contribution in [3.8, 4) is 0 Å². The third-order valence-corrected chi connectivity index (χ3v) is 2.97. The molecule has 0 aromatic heterocycles. The fourth-order valence-electron chi connectivity index (χ4n) is 1.87. The minimum atomic E-state index is -4.67. The van der Waals surface area contributed by atoms with E-state index in [0.717, 1.165) is 11.3 Å². The van der Waals surface area contributed by atoms with Gasteiger partial charge in [-0.15, -0.1) is 0 Å². The van der Waals surface area contributed by atoms with Gasteiger partial charge in [0.25, 0.3) is 0 Å². The van der Waals surface area contributed by atoms with E-state index in [1.54, 1.807) is 37.3 Å². The number of halogens is 1. The Hall–Kier alpha value is -2.89. The van der Waals surface area contributed by atoms with Gasteiger partial charge in [0.2, 0.25) is 0 Å². The van der Waals surface area contributed by atoms with E-state index in [1.165, 1.54) is 12.1 Å². The quantitative estimate of drug-likeness (QED) is 0.379. The van der Waals surface area contributed by atoms with Gasteiger partial charge in [-0.2, -0.15) is 8.42 Å². The number of nitrogens with two attached hydrogens (primary N) is 1. The first-order valence-corrected chi connectivity index (χ1v) is 8.99. The zero-order valence-corrected chi connectivity index (χ0v) is 15.2. The number of carbonyl (C=O) groups excluding carboxylic acids is 1. The summed E-state index contributed by atoms with van der Waals surface area (Å²) in [6, 6.07) is 11.5. The van der Waals surface area contributed by atoms with E-state index in [4.69, 9.17) is 28.0 Å². The van der Waals surface area contributed by atoms with Crippen molar-refractivity contribution in [2.24, 2.45) is 0 Å². The maximum Gasteiger partial charge on any atom is 0.411 e. The second kappa shape index (κ2) is 10.3. The van der Waals surface area contributed by atoms with Gasteiger partial charge >= 0.3 is 16.5 Å². The lowest BCUT2D eigenvalue weighted by molar-refractivity contribution is 0.168. The highest BCUT2D eigenvalue weighted by Gasteiger charge is 2.06. The molecule has 0 spiro atoms. The number of carbonyl (C=O) groups is 1. The molecule has 0 fully saturated rings. The van der Waals surface area contributed by atoms with Gasteiger partial charge in [0.15, 0.2) is 0 Å². The Balaban J connectivity index is 0.000000646. The number of ether oxygens (including phenoxy) is 1. The Morgan fingerprint density at radius 1 is 1.19 bits per heavy atom. The summed E-state index contributed by atoms with van der Waals surface area (Å²) in [5.41, 5.74) is 8.57. The Morgan fingerprint density at radius 2 is 1.78 bits per heavy atom. The molecule has 11 heteroatoms. The predicted octanol–water partition coefficient (Wildman–Crippen LogP) is 2.94. The molecule has 0 radical (unpaired) electrons. The van der Waals surface area contributed by atoms with Crippen LogP contribution in [-0.4, -0.2) is 30.2 Å². The lowest BCUT2D eigenvalue weighted by Gasteiger charge is -2.11. The summed E-state index contributed by atoms with van der Waals surface area (Å²) in [5, 5.41) is 5.74. The van der Waals surface area contributed by atoms with Crippen LogP contribution in [0.4, 0.5) is 26.2 Å². The summed E-state index contributed by atoms with van der Waals surface area (Å²) in [4.78, 5) is 11.4. The zero-order chi connectivity index (χ0) is 20.4. The molecule has 1 amide bonds. The van der Waals surface area contributed by atoms with Crippen LogP contribution >= 0.6 is 0 Å². The third-order valence-electron chi connectivity index (χ3n) is 2.97. The van der Waals surface area contributed by atoms with Crippen LogP contribution < -0.4 is 16.4 Å². The van der Waals surface area contributed by atoms with E-state index in [1.807, 2.05) is 0 Å². The molecule has 27 heavy (non-hydrogen) atoms. The Bertz CT molecular complexity index is 851. The van der Waals surface area contributed by atoms with Gasteiger partial charge in [0, 0.05) is 12.2 Å². The van der Waals surface area contributed by atoms with E-state index >= 15 is 0 Å². The van der Waals surface area contributed by atoms with Gasteiger partial charge in [-0.05, 0) is 42.8 Å². The molecule has 0 aliphatic heterocycles. The topological polar surface area (TPSA) is 151 Å². The Morgan fingerprint density at radius 3 is 2.30 bits per heavy atom. The molecular weight excluding hydrogens is 381 g/mol. The van der Waals surface area contributed by atoms with Crippen molar-refractivity contribution < 1.29 is 31.4 Å². The van der Waals surface area contributed by atoms with Crippen LogP contribution in [0.1, 0.15) is 12.5 Å². The van der Waals surface area contributed by atoms with E-state index in [-0.39, 0.29) is 5.82 Å². The van der Waals surface area contributed by atoms with E-state index < -0.39 is 16.5 Å². The average molecular weight is 401 g/mol. The number of benzene rings is 2. The lowest BCUT2D eigenvalue weighted by Crippen LogP contribution is -2.14. The molecule has 2 aromatic carbocycles. The van der Waals surface area contributed by atoms with Crippen LogP contribution in [0.25, 0.3) is 0 Å². The molecule has 2 aromatic rings. The monoisotopic (exact) mass is 401 g/mol. The summed E-state index contributed by atoms with van der Waals surface area (Å²) >= 11 is 0.